The molecule has 0 aliphatic carbocycles. The Morgan fingerprint density at radius 3 is 1.57 bits per heavy atom. The molecule has 0 saturated heterocycles. The van der Waals surface area contributed by atoms with Gasteiger partial charge in [-0.15, -0.1) is 32.2 Å². The molecule has 46 heavy (non-hydrogen) atoms. The molecule has 0 radical (unpaired) electrons. The zero-order chi connectivity index (χ0) is 33.6. The molecule has 0 spiro atoms. The van der Waals surface area contributed by atoms with E-state index in [0.29, 0.717) is 11.5 Å². The first-order valence-corrected chi connectivity index (χ1v) is 14.6. The van der Waals surface area contributed by atoms with Crippen molar-refractivity contribution in [2.75, 3.05) is 5.75 Å². The van der Waals surface area contributed by atoms with Gasteiger partial charge in [0.05, 0.1) is 5.56 Å². The standard InChI is InChI=1S/C16H15F3N4S.C14H10F4N4/c1-4-24-12-7-9(2)5-6-10(12)14-20-11-8-13(16(17,18)19)21-22-15(11)23(14)3;1-7-3-4-8(9(15)5-7)12-19-10-6-11(14(16,17)18)20-21-13(10)22(12)2/h5-8H,4H2,1-3H3;3-6H,1-2H3. The van der Waals surface area contributed by atoms with Crippen molar-refractivity contribution < 1.29 is 30.7 Å². The molecule has 8 nitrogen and oxygen atoms in total. The molecule has 240 valence electrons. The molecule has 0 N–H and O–H groups in total. The van der Waals surface area contributed by atoms with Crippen LogP contribution in [0.25, 0.3) is 45.1 Å². The summed E-state index contributed by atoms with van der Waals surface area (Å²) in [5, 5.41) is 13.7. The molecular formula is C30H25F7N8S. The van der Waals surface area contributed by atoms with E-state index in [1.165, 1.54) is 16.7 Å². The van der Waals surface area contributed by atoms with Gasteiger partial charge in [0.15, 0.2) is 22.7 Å². The Kier molecular flexibility index (Phi) is 8.77. The van der Waals surface area contributed by atoms with Crippen molar-refractivity contribution in [2.45, 2.75) is 38.0 Å². The second kappa shape index (κ2) is 12.3. The zero-order valence-electron chi connectivity index (χ0n) is 25.0. The third kappa shape index (κ3) is 6.52. The summed E-state index contributed by atoms with van der Waals surface area (Å²) in [6, 6.07) is 12.3. The Bertz CT molecular complexity index is 2070. The molecule has 0 fully saturated rings. The van der Waals surface area contributed by atoms with Gasteiger partial charge in [-0.25, -0.2) is 14.4 Å². The van der Waals surface area contributed by atoms with Gasteiger partial charge in [0.2, 0.25) is 0 Å². The van der Waals surface area contributed by atoms with Crippen LogP contribution in [-0.4, -0.2) is 45.2 Å². The fourth-order valence-electron chi connectivity index (χ4n) is 4.62. The highest BCUT2D eigenvalue weighted by Gasteiger charge is 2.35. The van der Waals surface area contributed by atoms with Crippen molar-refractivity contribution in [2.24, 2.45) is 14.1 Å². The van der Waals surface area contributed by atoms with Crippen molar-refractivity contribution in [3.8, 4) is 22.8 Å². The minimum atomic E-state index is -4.60. The van der Waals surface area contributed by atoms with Gasteiger partial charge in [0, 0.05) is 36.7 Å². The van der Waals surface area contributed by atoms with Crippen LogP contribution in [0.4, 0.5) is 30.7 Å². The predicted molar refractivity (Wildman–Crippen MR) is 159 cm³/mol. The van der Waals surface area contributed by atoms with Gasteiger partial charge in [-0.2, -0.15) is 26.3 Å². The highest BCUT2D eigenvalue weighted by atomic mass is 32.2. The number of halogens is 7. The number of aryl methyl sites for hydroxylation is 4. The van der Waals surface area contributed by atoms with E-state index in [1.807, 2.05) is 26.0 Å². The van der Waals surface area contributed by atoms with Crippen LogP contribution < -0.4 is 0 Å². The summed E-state index contributed by atoms with van der Waals surface area (Å²) in [5.41, 5.74) is 1.44. The maximum atomic E-state index is 14.0. The van der Waals surface area contributed by atoms with Gasteiger partial charge in [-0.3, -0.25) is 0 Å². The topological polar surface area (TPSA) is 87.2 Å². The normalized spacial score (nSPS) is 12.1. The van der Waals surface area contributed by atoms with Gasteiger partial charge in [0.25, 0.3) is 0 Å². The number of aromatic nitrogens is 8. The van der Waals surface area contributed by atoms with Crippen LogP contribution in [0.15, 0.2) is 53.4 Å². The average Bonchev–Trinajstić information content (AvgIpc) is 3.48. The van der Waals surface area contributed by atoms with Crippen molar-refractivity contribution in [1.29, 1.82) is 0 Å². The van der Waals surface area contributed by atoms with Crippen molar-refractivity contribution in [1.82, 2.24) is 39.5 Å². The molecule has 0 unspecified atom stereocenters. The number of hydrogen-bond donors (Lipinski definition) is 0. The Balaban J connectivity index is 0.000000182. The van der Waals surface area contributed by atoms with Gasteiger partial charge in [-0.1, -0.05) is 19.1 Å². The zero-order valence-corrected chi connectivity index (χ0v) is 25.8. The number of nitrogens with zero attached hydrogens (tertiary/aromatic N) is 8. The number of rotatable bonds is 4. The predicted octanol–water partition coefficient (Wildman–Crippen LogP) is 7.97. The second-order valence-corrected chi connectivity index (χ2v) is 11.6. The smallest absolute Gasteiger partial charge is 0.310 e. The molecular weight excluding hydrogens is 637 g/mol. The SMILES string of the molecule is CCSc1cc(C)ccc1-c1nc2cc(C(F)(F)F)nnc2n1C.Cc1ccc(-c2nc3cc(C(F)(F)F)nnc3n2C)c(F)c1. The first-order valence-electron chi connectivity index (χ1n) is 13.6. The Labute approximate surface area is 261 Å². The highest BCUT2D eigenvalue weighted by molar-refractivity contribution is 7.99. The average molecular weight is 663 g/mol. The molecule has 4 heterocycles. The summed E-state index contributed by atoms with van der Waals surface area (Å²) in [5.74, 6) is 1.16. The van der Waals surface area contributed by atoms with E-state index in [1.54, 1.807) is 43.4 Å². The monoisotopic (exact) mass is 662 g/mol. The summed E-state index contributed by atoms with van der Waals surface area (Å²) >= 11 is 1.67. The first-order chi connectivity index (χ1) is 21.6. The molecule has 6 rings (SSSR count). The second-order valence-electron chi connectivity index (χ2n) is 10.3. The van der Waals surface area contributed by atoms with Crippen LogP contribution in [0.5, 0.6) is 0 Å². The van der Waals surface area contributed by atoms with Crippen LogP contribution in [-0.2, 0) is 26.4 Å². The molecule has 6 aromatic rings. The summed E-state index contributed by atoms with van der Waals surface area (Å²) in [6.07, 6.45) is -9.14. The lowest BCUT2D eigenvalue weighted by Gasteiger charge is -2.09. The van der Waals surface area contributed by atoms with E-state index in [2.05, 4.69) is 36.4 Å². The molecule has 0 atom stereocenters. The van der Waals surface area contributed by atoms with Crippen LogP contribution >= 0.6 is 11.8 Å². The number of fused-ring (bicyclic) bond motifs is 2. The van der Waals surface area contributed by atoms with Crippen LogP contribution in [0.2, 0.25) is 0 Å². The van der Waals surface area contributed by atoms with Crippen molar-refractivity contribution in [3.63, 3.8) is 0 Å². The highest BCUT2D eigenvalue weighted by Crippen LogP contribution is 2.35. The molecule has 0 bridgehead atoms. The summed E-state index contributed by atoms with van der Waals surface area (Å²) in [6.45, 7) is 5.79. The molecule has 0 saturated carbocycles. The van der Waals surface area contributed by atoms with E-state index in [-0.39, 0.29) is 28.1 Å². The van der Waals surface area contributed by atoms with Crippen LogP contribution in [0.3, 0.4) is 0 Å². The minimum Gasteiger partial charge on any atom is -0.310 e. The number of imidazole rings is 2. The quantitative estimate of drug-likeness (QED) is 0.140. The van der Waals surface area contributed by atoms with Gasteiger partial charge >= 0.3 is 12.4 Å². The van der Waals surface area contributed by atoms with E-state index >= 15 is 0 Å². The van der Waals surface area contributed by atoms with Crippen molar-refractivity contribution >= 4 is 34.1 Å². The van der Waals surface area contributed by atoms with E-state index in [9.17, 15) is 30.7 Å². The van der Waals surface area contributed by atoms with Gasteiger partial charge in [0.1, 0.15) is 28.5 Å². The van der Waals surface area contributed by atoms with E-state index in [0.717, 1.165) is 39.5 Å². The third-order valence-electron chi connectivity index (χ3n) is 6.86. The Hall–Kier alpha value is -4.60. The van der Waals surface area contributed by atoms with Crippen LogP contribution in [0, 0.1) is 19.7 Å². The third-order valence-corrected chi connectivity index (χ3v) is 7.80. The molecule has 0 aliphatic rings. The largest absolute Gasteiger partial charge is 0.435 e. The summed E-state index contributed by atoms with van der Waals surface area (Å²) in [7, 11) is 3.28. The van der Waals surface area contributed by atoms with Gasteiger partial charge in [-0.05, 0) is 55.0 Å². The molecule has 0 amide bonds. The fourth-order valence-corrected chi connectivity index (χ4v) is 5.52. The number of hydrogen-bond acceptors (Lipinski definition) is 7. The Morgan fingerprint density at radius 1 is 0.652 bits per heavy atom. The lowest BCUT2D eigenvalue weighted by Crippen LogP contribution is -2.09. The molecule has 16 heteroatoms. The fraction of sp³-hybridized carbons (Fsp3) is 0.267. The lowest BCUT2D eigenvalue weighted by molar-refractivity contribution is -0.142. The first kappa shape index (κ1) is 32.8. The summed E-state index contributed by atoms with van der Waals surface area (Å²) in [4.78, 5) is 9.49. The summed E-state index contributed by atoms with van der Waals surface area (Å²) < 4.78 is 93.5. The maximum absolute atomic E-state index is 14.0. The van der Waals surface area contributed by atoms with E-state index < -0.39 is 29.6 Å². The number of thioether (sulfide) groups is 1. The lowest BCUT2D eigenvalue weighted by atomic mass is 10.1. The van der Waals surface area contributed by atoms with Gasteiger partial charge < -0.3 is 9.13 Å². The van der Waals surface area contributed by atoms with E-state index in [4.69, 9.17) is 0 Å². The molecule has 0 aliphatic heterocycles. The number of benzene rings is 2. The number of alkyl halides is 6. The molecule has 2 aromatic carbocycles. The van der Waals surface area contributed by atoms with Crippen LogP contribution in [0.1, 0.15) is 29.4 Å². The molecule has 4 aromatic heterocycles. The Morgan fingerprint density at radius 2 is 1.11 bits per heavy atom. The minimum absolute atomic E-state index is 0.0137. The maximum Gasteiger partial charge on any atom is 0.435 e. The van der Waals surface area contributed by atoms with Crippen molar-refractivity contribution in [3.05, 3.63) is 76.9 Å².